The topological polar surface area (TPSA) is 38.0 Å². The van der Waals surface area contributed by atoms with Crippen LogP contribution in [0.2, 0.25) is 0 Å². The maximum Gasteiger partial charge on any atom is 0.250 e. The second-order valence-electron chi connectivity index (χ2n) is 3.95. The summed E-state index contributed by atoms with van der Waals surface area (Å²) in [6, 6.07) is 0. The summed E-state index contributed by atoms with van der Waals surface area (Å²) < 4.78 is 23.6. The highest BCUT2D eigenvalue weighted by Crippen LogP contribution is 2.24. The Balaban J connectivity index is 2.17. The highest BCUT2D eigenvalue weighted by molar-refractivity contribution is 4.89. The van der Waals surface area contributed by atoms with Crippen LogP contribution < -0.4 is 11.1 Å². The summed E-state index contributed by atoms with van der Waals surface area (Å²) >= 11 is 0. The third-order valence-electron chi connectivity index (χ3n) is 2.63. The van der Waals surface area contributed by atoms with Crippen molar-refractivity contribution in [1.29, 1.82) is 0 Å². The van der Waals surface area contributed by atoms with Crippen LogP contribution in [0.25, 0.3) is 0 Å². The van der Waals surface area contributed by atoms with E-state index in [1.165, 1.54) is 6.42 Å². The lowest BCUT2D eigenvalue weighted by Gasteiger charge is -2.33. The number of hydrogen-bond donors (Lipinski definition) is 2. The molecule has 1 rings (SSSR count). The van der Waals surface area contributed by atoms with E-state index in [0.29, 0.717) is 6.54 Å². The zero-order chi connectivity index (χ0) is 9.73. The fourth-order valence-corrected chi connectivity index (χ4v) is 1.86. The molecule has 0 aromatic rings. The van der Waals surface area contributed by atoms with Crippen molar-refractivity contribution in [2.24, 2.45) is 5.73 Å². The molecular weight excluding hydrogens is 174 g/mol. The molecule has 1 aliphatic rings. The molecule has 78 valence electrons. The minimum absolute atomic E-state index is 0.229. The number of rotatable bonds is 4. The molecule has 0 aliphatic heterocycles. The van der Waals surface area contributed by atoms with Gasteiger partial charge in [-0.05, 0) is 12.8 Å². The van der Waals surface area contributed by atoms with Gasteiger partial charge in [0.2, 0.25) is 0 Å². The molecule has 2 nitrogen and oxygen atoms in total. The monoisotopic (exact) mass is 192 g/mol. The average Bonchev–Trinajstić information content (AvgIpc) is 2.04. The van der Waals surface area contributed by atoms with E-state index >= 15 is 0 Å². The maximum atomic E-state index is 11.8. The summed E-state index contributed by atoms with van der Waals surface area (Å²) in [5.41, 5.74) is 5.81. The Bertz CT molecular complexity index is 145. The Hall–Kier alpha value is -0.220. The lowest BCUT2D eigenvalue weighted by atomic mass is 9.82. The summed E-state index contributed by atoms with van der Waals surface area (Å²) in [6.45, 7) is 0.288. The van der Waals surface area contributed by atoms with Gasteiger partial charge in [0.05, 0.1) is 6.54 Å². The van der Waals surface area contributed by atoms with Gasteiger partial charge in [-0.2, -0.15) is 0 Å². The highest BCUT2D eigenvalue weighted by Gasteiger charge is 2.26. The van der Waals surface area contributed by atoms with Crippen molar-refractivity contribution in [3.05, 3.63) is 0 Å². The zero-order valence-corrected chi connectivity index (χ0v) is 7.86. The molecule has 0 saturated heterocycles. The van der Waals surface area contributed by atoms with Crippen molar-refractivity contribution in [3.8, 4) is 0 Å². The highest BCUT2D eigenvalue weighted by atomic mass is 19.3. The molecule has 0 aromatic carbocycles. The molecule has 0 unspecified atom stereocenters. The van der Waals surface area contributed by atoms with Crippen LogP contribution >= 0.6 is 0 Å². The zero-order valence-electron chi connectivity index (χ0n) is 7.86. The quantitative estimate of drug-likeness (QED) is 0.708. The summed E-state index contributed by atoms with van der Waals surface area (Å²) in [6.07, 6.45) is 3.15. The van der Waals surface area contributed by atoms with Gasteiger partial charge in [0.25, 0.3) is 6.43 Å². The van der Waals surface area contributed by atoms with E-state index in [4.69, 9.17) is 5.73 Å². The standard InChI is InChI=1S/C9H18F2N2/c10-8(11)6-13-7-9(12)4-2-1-3-5-9/h8,13H,1-7,12H2. The largest absolute Gasteiger partial charge is 0.324 e. The molecule has 0 amide bonds. The number of halogens is 2. The van der Waals surface area contributed by atoms with Crippen molar-refractivity contribution in [1.82, 2.24) is 5.32 Å². The second-order valence-corrected chi connectivity index (χ2v) is 3.95. The van der Waals surface area contributed by atoms with Gasteiger partial charge in [-0.1, -0.05) is 19.3 Å². The lowest BCUT2D eigenvalue weighted by molar-refractivity contribution is 0.140. The summed E-state index contributed by atoms with van der Waals surface area (Å²) in [4.78, 5) is 0. The van der Waals surface area contributed by atoms with E-state index in [2.05, 4.69) is 5.32 Å². The van der Waals surface area contributed by atoms with Gasteiger partial charge in [-0.15, -0.1) is 0 Å². The first-order valence-corrected chi connectivity index (χ1v) is 4.90. The van der Waals surface area contributed by atoms with Crippen LogP contribution in [-0.2, 0) is 0 Å². The van der Waals surface area contributed by atoms with E-state index in [-0.39, 0.29) is 12.1 Å². The molecule has 3 N–H and O–H groups in total. The molecule has 0 bridgehead atoms. The third-order valence-corrected chi connectivity index (χ3v) is 2.63. The van der Waals surface area contributed by atoms with Gasteiger partial charge in [0.1, 0.15) is 0 Å². The van der Waals surface area contributed by atoms with Gasteiger partial charge < -0.3 is 11.1 Å². The van der Waals surface area contributed by atoms with E-state index in [1.807, 2.05) is 0 Å². The summed E-state index contributed by atoms with van der Waals surface area (Å²) in [5.74, 6) is 0. The molecule has 1 saturated carbocycles. The first kappa shape index (κ1) is 10.9. The molecule has 0 radical (unpaired) electrons. The molecule has 13 heavy (non-hydrogen) atoms. The number of alkyl halides is 2. The molecule has 1 aliphatic carbocycles. The average molecular weight is 192 g/mol. The van der Waals surface area contributed by atoms with Crippen molar-refractivity contribution in [2.45, 2.75) is 44.1 Å². The Labute approximate surface area is 77.9 Å². The summed E-state index contributed by atoms with van der Waals surface area (Å²) in [7, 11) is 0. The fraction of sp³-hybridized carbons (Fsp3) is 1.00. The number of hydrogen-bond acceptors (Lipinski definition) is 2. The van der Waals surface area contributed by atoms with Gasteiger partial charge in [0.15, 0.2) is 0 Å². The van der Waals surface area contributed by atoms with E-state index in [0.717, 1.165) is 25.7 Å². The van der Waals surface area contributed by atoms with Crippen LogP contribution in [0.1, 0.15) is 32.1 Å². The Morgan fingerprint density at radius 2 is 1.85 bits per heavy atom. The van der Waals surface area contributed by atoms with Gasteiger partial charge in [0, 0.05) is 12.1 Å². The van der Waals surface area contributed by atoms with Crippen LogP contribution in [-0.4, -0.2) is 25.1 Å². The molecule has 0 aromatic heterocycles. The SMILES string of the molecule is NC1(CNCC(F)F)CCCCC1. The van der Waals surface area contributed by atoms with E-state index in [9.17, 15) is 8.78 Å². The maximum absolute atomic E-state index is 11.8. The van der Waals surface area contributed by atoms with Crippen molar-refractivity contribution >= 4 is 0 Å². The Kier molecular flexibility index (Phi) is 4.06. The molecule has 0 heterocycles. The second kappa shape index (κ2) is 4.86. The van der Waals surface area contributed by atoms with Gasteiger partial charge >= 0.3 is 0 Å². The number of nitrogens with two attached hydrogens (primary N) is 1. The Morgan fingerprint density at radius 3 is 2.38 bits per heavy atom. The van der Waals surface area contributed by atoms with Crippen molar-refractivity contribution < 1.29 is 8.78 Å². The van der Waals surface area contributed by atoms with Crippen LogP contribution in [0, 0.1) is 0 Å². The minimum atomic E-state index is -2.27. The van der Waals surface area contributed by atoms with Gasteiger partial charge in [-0.3, -0.25) is 0 Å². The summed E-state index contributed by atoms with van der Waals surface area (Å²) in [5, 5.41) is 2.72. The lowest BCUT2D eigenvalue weighted by Crippen LogP contribution is -2.50. The van der Waals surface area contributed by atoms with E-state index < -0.39 is 6.43 Å². The Morgan fingerprint density at radius 1 is 1.23 bits per heavy atom. The first-order chi connectivity index (χ1) is 6.12. The van der Waals surface area contributed by atoms with Crippen LogP contribution in [0.4, 0.5) is 8.78 Å². The van der Waals surface area contributed by atoms with Gasteiger partial charge in [-0.25, -0.2) is 8.78 Å². The van der Waals surface area contributed by atoms with Crippen LogP contribution in [0.3, 0.4) is 0 Å². The van der Waals surface area contributed by atoms with Crippen LogP contribution in [0.15, 0.2) is 0 Å². The molecule has 4 heteroatoms. The molecule has 0 atom stereocenters. The third kappa shape index (κ3) is 4.00. The molecule has 1 fully saturated rings. The fourth-order valence-electron chi connectivity index (χ4n) is 1.86. The molecule has 0 spiro atoms. The predicted octanol–water partition coefficient (Wildman–Crippen LogP) is 1.50. The predicted molar refractivity (Wildman–Crippen MR) is 48.9 cm³/mol. The van der Waals surface area contributed by atoms with Crippen molar-refractivity contribution in [2.75, 3.05) is 13.1 Å². The van der Waals surface area contributed by atoms with Crippen molar-refractivity contribution in [3.63, 3.8) is 0 Å². The minimum Gasteiger partial charge on any atom is -0.324 e. The number of nitrogens with one attached hydrogen (secondary N) is 1. The smallest absolute Gasteiger partial charge is 0.250 e. The van der Waals surface area contributed by atoms with E-state index in [1.54, 1.807) is 0 Å². The van der Waals surface area contributed by atoms with Crippen LogP contribution in [0.5, 0.6) is 0 Å². The molecular formula is C9H18F2N2. The first-order valence-electron chi connectivity index (χ1n) is 4.90. The normalized spacial score (nSPS) is 22.2.